The maximum absolute atomic E-state index is 10.1. The van der Waals surface area contributed by atoms with Crippen LogP contribution in [0, 0.1) is 5.92 Å². The van der Waals surface area contributed by atoms with E-state index in [-0.39, 0.29) is 6.29 Å². The van der Waals surface area contributed by atoms with Gasteiger partial charge >= 0.3 is 0 Å². The Balaban J connectivity index is 2.32. The summed E-state index contributed by atoms with van der Waals surface area (Å²) in [7, 11) is 0. The van der Waals surface area contributed by atoms with Gasteiger partial charge in [-0.15, -0.1) is 0 Å². The molecule has 2 atom stereocenters. The van der Waals surface area contributed by atoms with Crippen molar-refractivity contribution in [2.24, 2.45) is 5.92 Å². The van der Waals surface area contributed by atoms with Crippen molar-refractivity contribution < 1.29 is 14.6 Å². The molecule has 0 radical (unpaired) electrons. The van der Waals surface area contributed by atoms with Crippen LogP contribution >= 0.6 is 0 Å². The average molecular weight is 202 g/mol. The molecule has 0 aliphatic heterocycles. The highest BCUT2D eigenvalue weighted by Crippen LogP contribution is 2.49. The van der Waals surface area contributed by atoms with Crippen molar-refractivity contribution >= 4 is 0 Å². The molecule has 0 aromatic carbocycles. The van der Waals surface area contributed by atoms with Crippen LogP contribution in [0.5, 0.6) is 0 Å². The summed E-state index contributed by atoms with van der Waals surface area (Å²) in [5.41, 5.74) is -0.510. The highest BCUT2D eigenvalue weighted by Gasteiger charge is 2.52. The third kappa shape index (κ3) is 2.94. The third-order valence-corrected chi connectivity index (χ3v) is 2.92. The number of ether oxygens (including phenoxy) is 2. The van der Waals surface area contributed by atoms with E-state index >= 15 is 0 Å². The molecule has 3 nitrogen and oxygen atoms in total. The summed E-state index contributed by atoms with van der Waals surface area (Å²) in [5, 5.41) is 10.1. The molecule has 0 amide bonds. The lowest BCUT2D eigenvalue weighted by Gasteiger charge is -2.20. The normalized spacial score (nSPS) is 31.1. The Bertz CT molecular complexity index is 166. The number of rotatable bonds is 7. The highest BCUT2D eigenvalue weighted by atomic mass is 16.7. The molecule has 0 spiro atoms. The second-order valence-electron chi connectivity index (χ2n) is 3.96. The third-order valence-electron chi connectivity index (χ3n) is 2.92. The van der Waals surface area contributed by atoms with Gasteiger partial charge in [0.05, 0.1) is 5.60 Å². The van der Waals surface area contributed by atoms with Crippen LogP contribution in [0.1, 0.15) is 40.0 Å². The van der Waals surface area contributed by atoms with Crippen LogP contribution in [0.3, 0.4) is 0 Å². The van der Waals surface area contributed by atoms with E-state index in [1.807, 2.05) is 13.8 Å². The lowest BCUT2D eigenvalue weighted by Crippen LogP contribution is -2.26. The summed E-state index contributed by atoms with van der Waals surface area (Å²) in [5.74, 6) is 0.450. The van der Waals surface area contributed by atoms with Gasteiger partial charge in [-0.1, -0.05) is 13.3 Å². The van der Waals surface area contributed by atoms with Crippen LogP contribution in [0.4, 0.5) is 0 Å². The molecule has 84 valence electrons. The molecule has 3 heteroatoms. The summed E-state index contributed by atoms with van der Waals surface area (Å²) < 4.78 is 10.8. The number of hydrogen-bond donors (Lipinski definition) is 1. The standard InChI is InChI=1S/C11H22O3/c1-4-9-7-11(9,12)8-10(13-5-2)14-6-3/h9-10,12H,4-8H2,1-3H3/t9-,11+/m1/s1. The number of hydrogen-bond acceptors (Lipinski definition) is 3. The van der Waals surface area contributed by atoms with Gasteiger partial charge in [-0.3, -0.25) is 0 Å². The van der Waals surface area contributed by atoms with Crippen LogP contribution in [-0.4, -0.2) is 30.2 Å². The summed E-state index contributed by atoms with van der Waals surface area (Å²) in [4.78, 5) is 0. The lowest BCUT2D eigenvalue weighted by atomic mass is 10.1. The minimum atomic E-state index is -0.510. The van der Waals surface area contributed by atoms with Crippen molar-refractivity contribution in [3.63, 3.8) is 0 Å². The van der Waals surface area contributed by atoms with E-state index in [1.165, 1.54) is 0 Å². The molecule has 1 aliphatic carbocycles. The molecule has 0 bridgehead atoms. The molecule has 0 aromatic heterocycles. The van der Waals surface area contributed by atoms with E-state index in [0.29, 0.717) is 25.6 Å². The van der Waals surface area contributed by atoms with E-state index in [1.54, 1.807) is 0 Å². The van der Waals surface area contributed by atoms with Crippen LogP contribution in [0.2, 0.25) is 0 Å². The molecule has 0 aromatic rings. The van der Waals surface area contributed by atoms with Crippen LogP contribution in [0.25, 0.3) is 0 Å². The maximum Gasteiger partial charge on any atom is 0.160 e. The van der Waals surface area contributed by atoms with Gasteiger partial charge in [-0.05, 0) is 26.2 Å². The molecule has 0 saturated heterocycles. The average Bonchev–Trinajstić information content (AvgIpc) is 2.77. The quantitative estimate of drug-likeness (QED) is 0.641. The van der Waals surface area contributed by atoms with Crippen molar-refractivity contribution in [1.82, 2.24) is 0 Å². The Morgan fingerprint density at radius 1 is 1.29 bits per heavy atom. The van der Waals surface area contributed by atoms with Gasteiger partial charge in [0, 0.05) is 19.6 Å². The Hall–Kier alpha value is -0.120. The minimum absolute atomic E-state index is 0.230. The second-order valence-corrected chi connectivity index (χ2v) is 3.96. The van der Waals surface area contributed by atoms with Crippen molar-refractivity contribution in [2.75, 3.05) is 13.2 Å². The summed E-state index contributed by atoms with van der Waals surface area (Å²) in [6.45, 7) is 7.27. The predicted octanol–water partition coefficient (Wildman–Crippen LogP) is 1.94. The van der Waals surface area contributed by atoms with Crippen molar-refractivity contribution in [3.05, 3.63) is 0 Å². The molecular formula is C11H22O3. The molecular weight excluding hydrogens is 180 g/mol. The SMILES string of the molecule is CCOC(C[C@@]1(O)C[C@H]1CC)OCC. The molecule has 14 heavy (non-hydrogen) atoms. The molecule has 1 saturated carbocycles. The van der Waals surface area contributed by atoms with Gasteiger partial charge in [0.1, 0.15) is 0 Å². The first-order chi connectivity index (χ1) is 6.66. The Morgan fingerprint density at radius 2 is 1.86 bits per heavy atom. The smallest absolute Gasteiger partial charge is 0.160 e. The van der Waals surface area contributed by atoms with Gasteiger partial charge in [-0.2, -0.15) is 0 Å². The topological polar surface area (TPSA) is 38.7 Å². The fourth-order valence-electron chi connectivity index (χ4n) is 1.97. The molecule has 1 N–H and O–H groups in total. The first-order valence-corrected chi connectivity index (χ1v) is 5.61. The monoisotopic (exact) mass is 202 g/mol. The van der Waals surface area contributed by atoms with E-state index in [0.717, 1.165) is 12.8 Å². The van der Waals surface area contributed by atoms with E-state index in [4.69, 9.17) is 9.47 Å². The highest BCUT2D eigenvalue weighted by molar-refractivity contribution is 5.02. The van der Waals surface area contributed by atoms with Gasteiger partial charge in [-0.25, -0.2) is 0 Å². The van der Waals surface area contributed by atoms with E-state index in [2.05, 4.69) is 6.92 Å². The van der Waals surface area contributed by atoms with E-state index < -0.39 is 5.60 Å². The predicted molar refractivity (Wildman–Crippen MR) is 55.0 cm³/mol. The Labute approximate surface area is 86.4 Å². The fourth-order valence-corrected chi connectivity index (χ4v) is 1.97. The fraction of sp³-hybridized carbons (Fsp3) is 1.00. The summed E-state index contributed by atoms with van der Waals surface area (Å²) in [6.07, 6.45) is 2.33. The molecule has 0 unspecified atom stereocenters. The molecule has 0 heterocycles. The van der Waals surface area contributed by atoms with Gasteiger partial charge < -0.3 is 14.6 Å². The van der Waals surface area contributed by atoms with Crippen molar-refractivity contribution in [1.29, 1.82) is 0 Å². The number of aliphatic hydroxyl groups is 1. The minimum Gasteiger partial charge on any atom is -0.389 e. The van der Waals surface area contributed by atoms with Crippen LogP contribution in [-0.2, 0) is 9.47 Å². The van der Waals surface area contributed by atoms with Gasteiger partial charge in [0.25, 0.3) is 0 Å². The molecule has 1 aliphatic rings. The lowest BCUT2D eigenvalue weighted by molar-refractivity contribution is -0.157. The summed E-state index contributed by atoms with van der Waals surface area (Å²) >= 11 is 0. The first-order valence-electron chi connectivity index (χ1n) is 5.61. The van der Waals surface area contributed by atoms with Crippen LogP contribution < -0.4 is 0 Å². The maximum atomic E-state index is 10.1. The van der Waals surface area contributed by atoms with Crippen molar-refractivity contribution in [3.8, 4) is 0 Å². The van der Waals surface area contributed by atoms with Gasteiger partial charge in [0.15, 0.2) is 6.29 Å². The van der Waals surface area contributed by atoms with Crippen LogP contribution in [0.15, 0.2) is 0 Å². The zero-order valence-electron chi connectivity index (χ0n) is 9.45. The zero-order chi connectivity index (χ0) is 10.6. The largest absolute Gasteiger partial charge is 0.389 e. The second kappa shape index (κ2) is 5.10. The van der Waals surface area contributed by atoms with E-state index in [9.17, 15) is 5.11 Å². The molecule has 1 rings (SSSR count). The van der Waals surface area contributed by atoms with Gasteiger partial charge in [0.2, 0.25) is 0 Å². The zero-order valence-corrected chi connectivity index (χ0v) is 9.45. The Kier molecular flexibility index (Phi) is 4.35. The summed E-state index contributed by atoms with van der Waals surface area (Å²) in [6, 6.07) is 0. The van der Waals surface area contributed by atoms with Crippen molar-refractivity contribution in [2.45, 2.75) is 51.9 Å². The first kappa shape index (κ1) is 12.0. The Morgan fingerprint density at radius 3 is 2.21 bits per heavy atom. The molecule has 1 fully saturated rings.